The summed E-state index contributed by atoms with van der Waals surface area (Å²) in [7, 11) is -4.11. The zero-order chi connectivity index (χ0) is 22.5. The van der Waals surface area contributed by atoms with Crippen molar-refractivity contribution in [2.45, 2.75) is 37.6 Å². The molecule has 162 valence electrons. The summed E-state index contributed by atoms with van der Waals surface area (Å²) >= 11 is 0. The van der Waals surface area contributed by atoms with Crippen LogP contribution in [-0.4, -0.2) is 26.3 Å². The summed E-state index contributed by atoms with van der Waals surface area (Å²) < 4.78 is 70.7. The van der Waals surface area contributed by atoms with Crippen molar-refractivity contribution in [2.24, 2.45) is 0 Å². The molecule has 2 N–H and O–H groups in total. The molecule has 1 amide bonds. The van der Waals surface area contributed by atoms with Crippen LogP contribution in [0.2, 0.25) is 0 Å². The molecule has 0 heterocycles. The normalized spacial score (nSPS) is 12.8. The number of anilines is 1. The number of hydrogen-bond donors (Lipinski definition) is 2. The van der Waals surface area contributed by atoms with E-state index >= 15 is 0 Å². The fourth-order valence-electron chi connectivity index (χ4n) is 2.47. The average molecular weight is 444 g/mol. The molecule has 0 aliphatic rings. The minimum Gasteiger partial charge on any atom is -0.460 e. The summed E-state index contributed by atoms with van der Waals surface area (Å²) in [5.41, 5.74) is -0.801. The van der Waals surface area contributed by atoms with Crippen LogP contribution in [-0.2, 0) is 37.1 Å². The van der Waals surface area contributed by atoms with Gasteiger partial charge in [-0.3, -0.25) is 9.59 Å². The molecule has 7 nitrogen and oxygen atoms in total. The number of nitrogens with one attached hydrogen (secondary N) is 2. The average Bonchev–Trinajstić information content (AvgIpc) is 2.65. The van der Waals surface area contributed by atoms with E-state index in [0.717, 1.165) is 6.07 Å². The minimum absolute atomic E-state index is 0.168. The molecule has 0 aromatic heterocycles. The largest absolute Gasteiger partial charge is 0.460 e. The lowest BCUT2D eigenvalue weighted by molar-refractivity contribution is -0.149. The second kappa shape index (κ2) is 9.26. The molecule has 2 rings (SSSR count). The summed E-state index contributed by atoms with van der Waals surface area (Å²) in [6.07, 6.45) is -4.61. The summed E-state index contributed by atoms with van der Waals surface area (Å²) in [6.45, 7) is 1.85. The lowest BCUT2D eigenvalue weighted by Crippen LogP contribution is -2.39. The topological polar surface area (TPSA) is 102 Å². The molecule has 0 bridgehead atoms. The van der Waals surface area contributed by atoms with Crippen LogP contribution in [0.15, 0.2) is 53.4 Å². The third-order valence-electron chi connectivity index (χ3n) is 3.86. The van der Waals surface area contributed by atoms with Crippen molar-refractivity contribution in [1.29, 1.82) is 0 Å². The zero-order valence-corrected chi connectivity index (χ0v) is 16.8. The monoisotopic (exact) mass is 444 g/mol. The highest BCUT2D eigenvalue weighted by molar-refractivity contribution is 7.89. The Kier molecular flexibility index (Phi) is 7.21. The Bertz CT molecular complexity index is 1020. The molecule has 0 aliphatic heterocycles. The predicted octanol–water partition coefficient (Wildman–Crippen LogP) is 3.07. The van der Waals surface area contributed by atoms with Gasteiger partial charge in [0.1, 0.15) is 12.6 Å². The van der Waals surface area contributed by atoms with Gasteiger partial charge in [-0.05, 0) is 37.3 Å². The van der Waals surface area contributed by atoms with Gasteiger partial charge < -0.3 is 10.1 Å². The highest BCUT2D eigenvalue weighted by Crippen LogP contribution is 2.32. The van der Waals surface area contributed by atoms with E-state index in [1.807, 2.05) is 0 Å². The number of amides is 1. The molecule has 11 heteroatoms. The Labute approximate surface area is 171 Å². The van der Waals surface area contributed by atoms with E-state index in [0.29, 0.717) is 5.69 Å². The van der Waals surface area contributed by atoms with Gasteiger partial charge in [-0.2, -0.15) is 17.9 Å². The molecule has 0 saturated heterocycles. The molecule has 30 heavy (non-hydrogen) atoms. The molecule has 0 spiro atoms. The van der Waals surface area contributed by atoms with Crippen molar-refractivity contribution >= 4 is 27.6 Å². The van der Waals surface area contributed by atoms with Crippen LogP contribution in [0.4, 0.5) is 18.9 Å². The van der Waals surface area contributed by atoms with Crippen molar-refractivity contribution < 1.29 is 35.9 Å². The number of sulfonamides is 1. The van der Waals surface area contributed by atoms with Gasteiger partial charge in [0.2, 0.25) is 15.9 Å². The SMILES string of the molecule is CC(=O)Nc1ccc(S(=O)(=O)N[C@@H](C)C(=O)OCc2ccccc2C(F)(F)F)cc1. The first kappa shape index (κ1) is 23.4. The smallest absolute Gasteiger partial charge is 0.416 e. The van der Waals surface area contributed by atoms with Crippen LogP contribution in [0.5, 0.6) is 0 Å². The summed E-state index contributed by atoms with van der Waals surface area (Å²) in [4.78, 5) is 22.9. The van der Waals surface area contributed by atoms with Gasteiger partial charge in [0, 0.05) is 18.2 Å². The Morgan fingerprint density at radius 3 is 2.23 bits per heavy atom. The van der Waals surface area contributed by atoms with Gasteiger partial charge in [-0.25, -0.2) is 8.42 Å². The van der Waals surface area contributed by atoms with E-state index in [1.165, 1.54) is 56.3 Å². The molecule has 1 atom stereocenters. The van der Waals surface area contributed by atoms with E-state index in [1.54, 1.807) is 0 Å². The number of carbonyl (C=O) groups is 2. The van der Waals surface area contributed by atoms with E-state index in [4.69, 9.17) is 4.74 Å². The molecular weight excluding hydrogens is 425 g/mol. The van der Waals surface area contributed by atoms with Gasteiger partial charge >= 0.3 is 12.1 Å². The van der Waals surface area contributed by atoms with E-state index in [9.17, 15) is 31.2 Å². The molecule has 0 saturated carbocycles. The first-order chi connectivity index (χ1) is 13.9. The van der Waals surface area contributed by atoms with Gasteiger partial charge in [0.15, 0.2) is 0 Å². The number of carbonyl (C=O) groups excluding carboxylic acids is 2. The third kappa shape index (κ3) is 6.29. The van der Waals surface area contributed by atoms with Gasteiger partial charge in [0.05, 0.1) is 10.5 Å². The number of halogens is 3. The molecule has 2 aromatic carbocycles. The van der Waals surface area contributed by atoms with Crippen molar-refractivity contribution in [2.75, 3.05) is 5.32 Å². The Morgan fingerprint density at radius 2 is 1.67 bits per heavy atom. The number of esters is 1. The number of benzene rings is 2. The molecule has 0 radical (unpaired) electrons. The maximum absolute atomic E-state index is 13.0. The Balaban J connectivity index is 2.02. The highest BCUT2D eigenvalue weighted by atomic mass is 32.2. The van der Waals surface area contributed by atoms with Crippen molar-refractivity contribution in [3.05, 3.63) is 59.7 Å². The van der Waals surface area contributed by atoms with Gasteiger partial charge in [0.25, 0.3) is 0 Å². The van der Waals surface area contributed by atoms with Crippen LogP contribution in [0.3, 0.4) is 0 Å². The first-order valence-corrected chi connectivity index (χ1v) is 10.1. The molecule has 0 unspecified atom stereocenters. The van der Waals surface area contributed by atoms with Crippen molar-refractivity contribution in [1.82, 2.24) is 4.72 Å². The quantitative estimate of drug-likeness (QED) is 0.639. The fourth-order valence-corrected chi connectivity index (χ4v) is 3.66. The van der Waals surface area contributed by atoms with Crippen LogP contribution < -0.4 is 10.0 Å². The van der Waals surface area contributed by atoms with E-state index in [2.05, 4.69) is 10.0 Å². The molecule has 0 aliphatic carbocycles. The van der Waals surface area contributed by atoms with E-state index < -0.39 is 40.4 Å². The summed E-state index contributed by atoms with van der Waals surface area (Å²) in [6, 6.07) is 8.46. The van der Waals surface area contributed by atoms with Crippen LogP contribution in [0.1, 0.15) is 25.0 Å². The standard InChI is InChI=1S/C19H19F3N2O5S/c1-12(18(26)29-11-14-5-3-4-6-17(14)19(20,21)22)24-30(27,28)16-9-7-15(8-10-16)23-13(2)25/h3-10,12,24H,11H2,1-2H3,(H,23,25)/t12-/m0/s1. The maximum Gasteiger partial charge on any atom is 0.416 e. The second-order valence-corrected chi connectivity index (χ2v) is 8.03. The van der Waals surface area contributed by atoms with Crippen LogP contribution in [0.25, 0.3) is 0 Å². The lowest BCUT2D eigenvalue weighted by Gasteiger charge is -2.16. The first-order valence-electron chi connectivity index (χ1n) is 8.62. The molecular formula is C19H19F3N2O5S. The predicted molar refractivity (Wildman–Crippen MR) is 102 cm³/mol. The fraction of sp³-hybridized carbons (Fsp3) is 0.263. The highest BCUT2D eigenvalue weighted by Gasteiger charge is 2.33. The lowest BCUT2D eigenvalue weighted by atomic mass is 10.1. The number of rotatable bonds is 7. The second-order valence-electron chi connectivity index (χ2n) is 6.31. The van der Waals surface area contributed by atoms with Gasteiger partial charge in [-0.1, -0.05) is 18.2 Å². The van der Waals surface area contributed by atoms with Crippen molar-refractivity contribution in [3.63, 3.8) is 0 Å². The van der Waals surface area contributed by atoms with Crippen molar-refractivity contribution in [3.8, 4) is 0 Å². The molecule has 2 aromatic rings. The maximum atomic E-state index is 13.0. The van der Waals surface area contributed by atoms with Gasteiger partial charge in [-0.15, -0.1) is 0 Å². The summed E-state index contributed by atoms with van der Waals surface area (Å²) in [5, 5.41) is 2.48. The number of hydrogen-bond acceptors (Lipinski definition) is 5. The minimum atomic E-state index is -4.61. The summed E-state index contributed by atoms with van der Waals surface area (Å²) in [5.74, 6) is -1.36. The number of ether oxygens (including phenoxy) is 1. The van der Waals surface area contributed by atoms with Crippen LogP contribution >= 0.6 is 0 Å². The van der Waals surface area contributed by atoms with E-state index in [-0.39, 0.29) is 16.4 Å². The third-order valence-corrected chi connectivity index (χ3v) is 5.42. The van der Waals surface area contributed by atoms with Crippen LogP contribution in [0, 0.1) is 0 Å². The zero-order valence-electron chi connectivity index (χ0n) is 16.0. The molecule has 0 fully saturated rings. The Morgan fingerprint density at radius 1 is 1.07 bits per heavy atom. The number of alkyl halides is 3. The Hall–Kier alpha value is -2.92.